The maximum Gasteiger partial charge on any atom is 0.221 e. The molecule has 0 radical (unpaired) electrons. The van der Waals surface area contributed by atoms with Crippen molar-refractivity contribution < 1.29 is 13.9 Å². The minimum absolute atomic E-state index is 0.168. The average molecular weight is 425 g/mol. The monoisotopic (exact) mass is 425 g/mol. The number of ether oxygens (including phenoxy) is 1. The Morgan fingerprint density at radius 2 is 2.03 bits per heavy atom. The van der Waals surface area contributed by atoms with E-state index in [4.69, 9.17) is 10.5 Å². The molecule has 158 valence electrons. The number of hydrogen-bond acceptors (Lipinski definition) is 3. The van der Waals surface area contributed by atoms with Crippen molar-refractivity contribution in [2.75, 3.05) is 0 Å². The molecule has 0 bridgehead atoms. The van der Waals surface area contributed by atoms with Crippen molar-refractivity contribution in [1.82, 2.24) is 9.78 Å². The molecule has 2 aromatic carbocycles. The number of halogens is 1. The van der Waals surface area contributed by atoms with Gasteiger partial charge >= 0.3 is 0 Å². The number of nitrogens with two attached hydrogens (primary N) is 1. The molecule has 2 unspecified atom stereocenters. The number of benzene rings is 2. The molecule has 1 aromatic heterocycles. The fraction of sp³-hybridized carbons (Fsp3) is 0.231. The Labute approximate surface area is 184 Å². The zero-order valence-corrected chi connectivity index (χ0v) is 17.3. The van der Waals surface area contributed by atoms with Gasteiger partial charge in [-0.2, -0.15) is 5.10 Å². The highest BCUT2D eigenvalue weighted by Crippen LogP contribution is 2.65. The van der Waals surface area contributed by atoms with Crippen molar-refractivity contribution >= 4 is 12.0 Å². The van der Waals surface area contributed by atoms with E-state index < -0.39 is 11.2 Å². The molecular weight excluding hydrogens is 405 g/mol. The van der Waals surface area contributed by atoms with Crippen molar-refractivity contribution in [3.05, 3.63) is 88.5 Å². The molecule has 2 fully saturated rings. The van der Waals surface area contributed by atoms with E-state index in [0.29, 0.717) is 6.42 Å². The second-order valence-corrected chi connectivity index (χ2v) is 8.60. The van der Waals surface area contributed by atoms with Crippen LogP contribution >= 0.6 is 0 Å². The maximum absolute atomic E-state index is 13.3. The number of hydrogen-bond donors (Lipinski definition) is 1. The number of aromatic nitrogens is 2. The first-order chi connectivity index (χ1) is 15.5. The van der Waals surface area contributed by atoms with Crippen LogP contribution in [0.1, 0.15) is 35.2 Å². The van der Waals surface area contributed by atoms with Gasteiger partial charge in [0.2, 0.25) is 5.91 Å². The average Bonchev–Trinajstić information content (AvgIpc) is 3.06. The predicted octanol–water partition coefficient (Wildman–Crippen LogP) is 3.33. The van der Waals surface area contributed by atoms with E-state index in [-0.39, 0.29) is 18.1 Å². The number of carbonyl (C=O) groups excluding carboxylic acids is 1. The first-order valence-electron chi connectivity index (χ1n) is 10.6. The van der Waals surface area contributed by atoms with Gasteiger partial charge in [0.25, 0.3) is 0 Å². The molecule has 2 N–H and O–H groups in total. The molecule has 6 heteroatoms. The van der Waals surface area contributed by atoms with Crippen LogP contribution in [0.15, 0.2) is 60.3 Å². The molecule has 3 aliphatic rings. The highest BCUT2D eigenvalue weighted by atomic mass is 19.1. The van der Waals surface area contributed by atoms with E-state index in [0.717, 1.165) is 40.9 Å². The third-order valence-electron chi connectivity index (χ3n) is 6.71. The van der Waals surface area contributed by atoms with Gasteiger partial charge in [-0.15, -0.1) is 0 Å². The Morgan fingerprint density at radius 3 is 2.84 bits per heavy atom. The third kappa shape index (κ3) is 2.75. The lowest BCUT2D eigenvalue weighted by atomic mass is 9.83. The normalized spacial score (nSPS) is 24.5. The van der Waals surface area contributed by atoms with Crippen LogP contribution in [0.5, 0.6) is 0 Å². The SMILES string of the molecule is NC(=O)Cc1ccccc1C#CC12CCC3=Cc4c(cnn4-c4ccc(F)cc4)CC31O2. The van der Waals surface area contributed by atoms with Crippen molar-refractivity contribution in [1.29, 1.82) is 0 Å². The van der Waals surface area contributed by atoms with Gasteiger partial charge in [-0.3, -0.25) is 4.79 Å². The Hall–Kier alpha value is -3.69. The van der Waals surface area contributed by atoms with Crippen LogP contribution in [-0.2, 0) is 22.4 Å². The lowest BCUT2D eigenvalue weighted by molar-refractivity contribution is -0.117. The highest BCUT2D eigenvalue weighted by molar-refractivity contribution is 5.77. The lowest BCUT2D eigenvalue weighted by Gasteiger charge is -2.19. The summed E-state index contributed by atoms with van der Waals surface area (Å²) in [5.41, 5.74) is 10.3. The van der Waals surface area contributed by atoms with E-state index in [9.17, 15) is 9.18 Å². The van der Waals surface area contributed by atoms with Crippen molar-refractivity contribution in [2.45, 2.75) is 36.9 Å². The lowest BCUT2D eigenvalue weighted by Crippen LogP contribution is -2.25. The van der Waals surface area contributed by atoms with E-state index >= 15 is 0 Å². The molecular formula is C26H20FN3O2. The Morgan fingerprint density at radius 1 is 1.22 bits per heavy atom. The first kappa shape index (κ1) is 19.0. The van der Waals surface area contributed by atoms with Crippen LogP contribution in [0, 0.1) is 17.7 Å². The molecule has 32 heavy (non-hydrogen) atoms. The van der Waals surface area contributed by atoms with Crippen LogP contribution in [0.3, 0.4) is 0 Å². The summed E-state index contributed by atoms with van der Waals surface area (Å²) in [6.45, 7) is 0. The Balaban J connectivity index is 1.33. The van der Waals surface area contributed by atoms with Crippen molar-refractivity contribution in [3.8, 4) is 17.5 Å². The molecule has 2 aliphatic carbocycles. The van der Waals surface area contributed by atoms with Gasteiger partial charge in [-0.05, 0) is 60.4 Å². The van der Waals surface area contributed by atoms with E-state index in [2.05, 4.69) is 23.0 Å². The van der Waals surface area contributed by atoms with Crippen molar-refractivity contribution in [2.24, 2.45) is 5.73 Å². The Bertz CT molecular complexity index is 1360. The quantitative estimate of drug-likeness (QED) is 0.517. The smallest absolute Gasteiger partial charge is 0.221 e. The molecule has 3 aromatic rings. The molecule has 1 saturated carbocycles. The number of nitrogens with zero attached hydrogens (tertiary/aromatic N) is 2. The third-order valence-corrected chi connectivity index (χ3v) is 6.71. The topological polar surface area (TPSA) is 73.4 Å². The summed E-state index contributed by atoms with van der Waals surface area (Å²) in [6, 6.07) is 13.9. The molecule has 2 atom stereocenters. The summed E-state index contributed by atoms with van der Waals surface area (Å²) in [5, 5.41) is 4.54. The van der Waals surface area contributed by atoms with Crippen LogP contribution in [-0.4, -0.2) is 26.9 Å². The van der Waals surface area contributed by atoms with E-state index in [1.807, 2.05) is 35.1 Å². The predicted molar refractivity (Wildman–Crippen MR) is 117 cm³/mol. The van der Waals surface area contributed by atoms with Gasteiger partial charge in [0, 0.05) is 17.5 Å². The van der Waals surface area contributed by atoms with Crippen LogP contribution in [0.25, 0.3) is 11.8 Å². The Kier molecular flexibility index (Phi) is 3.96. The maximum atomic E-state index is 13.3. The summed E-state index contributed by atoms with van der Waals surface area (Å²) >= 11 is 0. The highest BCUT2D eigenvalue weighted by Gasteiger charge is 2.75. The van der Waals surface area contributed by atoms with Gasteiger partial charge in [-0.1, -0.05) is 30.0 Å². The van der Waals surface area contributed by atoms with E-state index in [1.165, 1.54) is 17.7 Å². The van der Waals surface area contributed by atoms with Crippen LogP contribution in [0.4, 0.5) is 4.39 Å². The first-order valence-corrected chi connectivity index (χ1v) is 10.6. The summed E-state index contributed by atoms with van der Waals surface area (Å²) in [4.78, 5) is 11.4. The molecule has 2 heterocycles. The number of amides is 1. The second-order valence-electron chi connectivity index (χ2n) is 8.60. The fourth-order valence-corrected chi connectivity index (χ4v) is 5.09. The van der Waals surface area contributed by atoms with Gasteiger partial charge in [-0.25, -0.2) is 9.07 Å². The fourth-order valence-electron chi connectivity index (χ4n) is 5.09. The molecule has 1 amide bonds. The van der Waals surface area contributed by atoms with Gasteiger partial charge in [0.15, 0.2) is 5.60 Å². The molecule has 5 nitrogen and oxygen atoms in total. The summed E-state index contributed by atoms with van der Waals surface area (Å²) in [6.07, 6.45) is 6.64. The number of fused-ring (bicyclic) bond motifs is 1. The van der Waals surface area contributed by atoms with Crippen LogP contribution < -0.4 is 5.73 Å². The molecule has 6 rings (SSSR count). The zero-order valence-electron chi connectivity index (χ0n) is 17.3. The van der Waals surface area contributed by atoms with Gasteiger partial charge in [0.05, 0.1) is 24.0 Å². The largest absolute Gasteiger partial charge is 0.369 e. The number of epoxide rings is 1. The summed E-state index contributed by atoms with van der Waals surface area (Å²) < 4.78 is 21.5. The van der Waals surface area contributed by atoms with Gasteiger partial charge in [0.1, 0.15) is 11.4 Å². The number of primary amides is 1. The summed E-state index contributed by atoms with van der Waals surface area (Å²) in [7, 11) is 0. The van der Waals surface area contributed by atoms with E-state index in [1.54, 1.807) is 12.1 Å². The molecule has 1 saturated heterocycles. The van der Waals surface area contributed by atoms with Gasteiger partial charge < -0.3 is 10.5 Å². The summed E-state index contributed by atoms with van der Waals surface area (Å²) in [5.74, 6) is 6.02. The second kappa shape index (κ2) is 6.65. The standard InChI is InChI=1S/C26H20FN3O2/c27-21-5-7-22(8-6-21)30-23-14-20-10-12-25(26(20,32-25)15-19(23)16-29-30)11-9-17-3-1-2-4-18(17)13-24(28)31/h1-8,14,16H,10,12-13,15H2,(H2,28,31). The van der Waals surface area contributed by atoms with Crippen LogP contribution in [0.2, 0.25) is 0 Å². The minimum atomic E-state index is -0.506. The molecule has 1 aliphatic heterocycles. The number of carbonyl (C=O) groups is 1. The van der Waals surface area contributed by atoms with Crippen molar-refractivity contribution in [3.63, 3.8) is 0 Å². The number of rotatable bonds is 3. The zero-order chi connectivity index (χ0) is 21.9. The minimum Gasteiger partial charge on any atom is -0.369 e. The molecule has 1 spiro atoms.